The Labute approximate surface area is 160 Å². The number of methoxy groups -OCH3 is 1. The van der Waals surface area contributed by atoms with Crippen LogP contribution in [0, 0.1) is 0 Å². The molecule has 0 heterocycles. The molecule has 0 aliphatic rings. The smallest absolute Gasteiger partial charge is 0.239 e. The predicted octanol–water partition coefficient (Wildman–Crippen LogP) is 1.00. The van der Waals surface area contributed by atoms with E-state index < -0.39 is 0 Å². The van der Waals surface area contributed by atoms with Crippen LogP contribution in [-0.4, -0.2) is 58.9 Å². The first-order chi connectivity index (χ1) is 11.3. The number of amides is 1. The van der Waals surface area contributed by atoms with Gasteiger partial charge in [-0.15, -0.1) is 24.0 Å². The number of para-hydroxylation sites is 1. The molecule has 1 aromatic carbocycles. The molecule has 0 bridgehead atoms. The number of nitrogens with zero attached hydrogens (tertiary/aromatic N) is 1. The van der Waals surface area contributed by atoms with Crippen molar-refractivity contribution in [3.05, 3.63) is 30.3 Å². The number of halogens is 1. The molecule has 1 rings (SSSR count). The highest BCUT2D eigenvalue weighted by molar-refractivity contribution is 14.0. The van der Waals surface area contributed by atoms with E-state index in [4.69, 9.17) is 9.47 Å². The maximum absolute atomic E-state index is 11.5. The molecule has 136 valence electrons. The Morgan fingerprint density at radius 1 is 1.08 bits per heavy atom. The van der Waals surface area contributed by atoms with E-state index in [9.17, 15) is 4.79 Å². The van der Waals surface area contributed by atoms with Gasteiger partial charge in [-0.3, -0.25) is 9.79 Å². The molecule has 0 aliphatic heterocycles. The van der Waals surface area contributed by atoms with Crippen LogP contribution in [0.5, 0.6) is 5.75 Å². The summed E-state index contributed by atoms with van der Waals surface area (Å²) in [6.45, 7) is 2.49. The van der Waals surface area contributed by atoms with Gasteiger partial charge in [0.2, 0.25) is 5.91 Å². The van der Waals surface area contributed by atoms with E-state index in [1.807, 2.05) is 30.3 Å². The average Bonchev–Trinajstić information content (AvgIpc) is 2.58. The molecule has 0 aromatic heterocycles. The highest BCUT2D eigenvalue weighted by atomic mass is 127. The third kappa shape index (κ3) is 11.1. The van der Waals surface area contributed by atoms with Crippen molar-refractivity contribution in [1.29, 1.82) is 0 Å². The number of carbonyl (C=O) groups excluding carboxylic acids is 1. The van der Waals surface area contributed by atoms with E-state index in [2.05, 4.69) is 20.9 Å². The lowest BCUT2D eigenvalue weighted by Crippen LogP contribution is -2.44. The second kappa shape index (κ2) is 15.0. The van der Waals surface area contributed by atoms with Gasteiger partial charge in [0, 0.05) is 27.2 Å². The van der Waals surface area contributed by atoms with Crippen molar-refractivity contribution in [3.8, 4) is 5.75 Å². The van der Waals surface area contributed by atoms with Crippen LogP contribution in [0.1, 0.15) is 6.42 Å². The maximum Gasteiger partial charge on any atom is 0.239 e. The van der Waals surface area contributed by atoms with Gasteiger partial charge in [0.25, 0.3) is 0 Å². The van der Waals surface area contributed by atoms with Crippen molar-refractivity contribution in [3.63, 3.8) is 0 Å². The zero-order chi connectivity index (χ0) is 16.8. The lowest BCUT2D eigenvalue weighted by Gasteiger charge is -2.12. The Morgan fingerprint density at radius 2 is 1.83 bits per heavy atom. The van der Waals surface area contributed by atoms with Crippen LogP contribution in [0.3, 0.4) is 0 Å². The number of carbonyl (C=O) groups is 1. The second-order valence-electron chi connectivity index (χ2n) is 4.71. The van der Waals surface area contributed by atoms with Crippen LogP contribution >= 0.6 is 24.0 Å². The first kappa shape index (κ1) is 22.4. The zero-order valence-corrected chi connectivity index (χ0v) is 16.5. The van der Waals surface area contributed by atoms with E-state index in [-0.39, 0.29) is 36.4 Å². The first-order valence-corrected chi connectivity index (χ1v) is 7.64. The van der Waals surface area contributed by atoms with Gasteiger partial charge in [-0.05, 0) is 18.6 Å². The minimum absolute atomic E-state index is 0. The largest absolute Gasteiger partial charge is 0.494 e. The Bertz CT molecular complexity index is 472. The summed E-state index contributed by atoms with van der Waals surface area (Å²) < 4.78 is 10.5. The van der Waals surface area contributed by atoms with Crippen LogP contribution in [-0.2, 0) is 9.53 Å². The first-order valence-electron chi connectivity index (χ1n) is 7.64. The molecule has 3 N–H and O–H groups in total. The molecule has 8 heteroatoms. The third-order valence-corrected chi connectivity index (χ3v) is 2.89. The molecule has 0 saturated carbocycles. The molecular formula is C16H27IN4O3. The van der Waals surface area contributed by atoms with Gasteiger partial charge in [-0.2, -0.15) is 0 Å². The number of ether oxygens (including phenoxy) is 2. The van der Waals surface area contributed by atoms with Crippen molar-refractivity contribution < 1.29 is 14.3 Å². The number of guanidine groups is 1. The van der Waals surface area contributed by atoms with Crippen molar-refractivity contribution in [2.75, 3.05) is 47.0 Å². The van der Waals surface area contributed by atoms with Gasteiger partial charge < -0.3 is 25.4 Å². The molecule has 0 fully saturated rings. The molecule has 0 unspecified atom stereocenters. The van der Waals surface area contributed by atoms with Crippen LogP contribution < -0.4 is 20.7 Å². The monoisotopic (exact) mass is 450 g/mol. The van der Waals surface area contributed by atoms with Crippen LogP contribution in [0.4, 0.5) is 0 Å². The normalized spacial score (nSPS) is 10.5. The number of hydrogen-bond acceptors (Lipinski definition) is 4. The summed E-state index contributed by atoms with van der Waals surface area (Å²) in [6.07, 6.45) is 0.829. The van der Waals surface area contributed by atoms with E-state index in [1.54, 1.807) is 14.2 Å². The van der Waals surface area contributed by atoms with E-state index in [0.29, 0.717) is 32.3 Å². The summed E-state index contributed by atoms with van der Waals surface area (Å²) in [5.74, 6) is 1.35. The van der Waals surface area contributed by atoms with Crippen LogP contribution in [0.25, 0.3) is 0 Å². The number of nitrogens with one attached hydrogen (secondary N) is 3. The Hall–Kier alpha value is -1.55. The molecule has 1 amide bonds. The molecule has 7 nitrogen and oxygen atoms in total. The summed E-state index contributed by atoms with van der Waals surface area (Å²) in [7, 11) is 3.26. The summed E-state index contributed by atoms with van der Waals surface area (Å²) in [5.41, 5.74) is 0. The SMILES string of the molecule is CN=C(NCCCOc1ccccc1)NCC(=O)NCCOC.I. The number of aliphatic imine (C=N–C) groups is 1. The molecule has 0 aliphatic carbocycles. The summed E-state index contributed by atoms with van der Waals surface area (Å²) in [5, 5.41) is 8.81. The van der Waals surface area contributed by atoms with E-state index in [1.165, 1.54) is 0 Å². The quantitative estimate of drug-likeness (QED) is 0.215. The van der Waals surface area contributed by atoms with Gasteiger partial charge in [0.05, 0.1) is 19.8 Å². The Kier molecular flexibility index (Phi) is 14.0. The maximum atomic E-state index is 11.5. The standard InChI is InChI=1S/C16H26N4O3.HI/c1-17-16(20-13-15(21)18-10-12-22-2)19-9-6-11-23-14-7-4-3-5-8-14;/h3-5,7-8H,6,9-13H2,1-2H3,(H,18,21)(H2,17,19,20);1H. The molecular weight excluding hydrogens is 423 g/mol. The molecule has 1 aromatic rings. The summed E-state index contributed by atoms with van der Waals surface area (Å²) in [4.78, 5) is 15.6. The lowest BCUT2D eigenvalue weighted by atomic mass is 10.3. The number of hydrogen-bond donors (Lipinski definition) is 3. The Morgan fingerprint density at radius 3 is 2.50 bits per heavy atom. The predicted molar refractivity (Wildman–Crippen MR) is 106 cm³/mol. The molecule has 0 radical (unpaired) electrons. The van der Waals surface area contributed by atoms with Gasteiger partial charge >= 0.3 is 0 Å². The number of benzene rings is 1. The minimum Gasteiger partial charge on any atom is -0.494 e. The van der Waals surface area contributed by atoms with Crippen molar-refractivity contribution in [1.82, 2.24) is 16.0 Å². The Balaban J connectivity index is 0.00000529. The number of rotatable bonds is 10. The fourth-order valence-corrected chi connectivity index (χ4v) is 1.73. The van der Waals surface area contributed by atoms with Crippen LogP contribution in [0.15, 0.2) is 35.3 Å². The molecule has 0 spiro atoms. The van der Waals surface area contributed by atoms with Gasteiger partial charge in [0.1, 0.15) is 5.75 Å². The highest BCUT2D eigenvalue weighted by Crippen LogP contribution is 2.07. The minimum atomic E-state index is -0.0996. The fourth-order valence-electron chi connectivity index (χ4n) is 1.73. The van der Waals surface area contributed by atoms with Gasteiger partial charge in [0.15, 0.2) is 5.96 Å². The molecule has 0 saturated heterocycles. The average molecular weight is 450 g/mol. The van der Waals surface area contributed by atoms with Gasteiger partial charge in [-0.25, -0.2) is 0 Å². The fraction of sp³-hybridized carbons (Fsp3) is 0.500. The van der Waals surface area contributed by atoms with E-state index in [0.717, 1.165) is 12.2 Å². The second-order valence-corrected chi connectivity index (χ2v) is 4.71. The molecule has 0 atom stereocenters. The van der Waals surface area contributed by atoms with Crippen molar-refractivity contribution in [2.24, 2.45) is 4.99 Å². The third-order valence-electron chi connectivity index (χ3n) is 2.89. The van der Waals surface area contributed by atoms with Crippen molar-refractivity contribution in [2.45, 2.75) is 6.42 Å². The lowest BCUT2D eigenvalue weighted by molar-refractivity contribution is -0.120. The summed E-state index contributed by atoms with van der Waals surface area (Å²) in [6, 6.07) is 9.69. The van der Waals surface area contributed by atoms with Crippen molar-refractivity contribution >= 4 is 35.8 Å². The van der Waals surface area contributed by atoms with Crippen LogP contribution in [0.2, 0.25) is 0 Å². The van der Waals surface area contributed by atoms with E-state index >= 15 is 0 Å². The highest BCUT2D eigenvalue weighted by Gasteiger charge is 2.02. The summed E-state index contributed by atoms with van der Waals surface area (Å²) >= 11 is 0. The topological polar surface area (TPSA) is 84.0 Å². The van der Waals surface area contributed by atoms with Gasteiger partial charge in [-0.1, -0.05) is 18.2 Å². The zero-order valence-electron chi connectivity index (χ0n) is 14.2. The molecule has 24 heavy (non-hydrogen) atoms.